The molecule has 0 saturated carbocycles. The number of nitrogens with zero attached hydrogens (tertiary/aromatic N) is 1. The van der Waals surface area contributed by atoms with Crippen LogP contribution in [-0.4, -0.2) is 24.0 Å². The van der Waals surface area contributed by atoms with Crippen molar-refractivity contribution >= 4 is 11.3 Å². The molecule has 0 aliphatic carbocycles. The molecule has 102 valence electrons. The molecule has 0 amide bonds. The highest BCUT2D eigenvalue weighted by Gasteiger charge is 2.31. The SMILES string of the molecule is CCC1CCN(C(CC)c2cccs2)C(CN)C1. The lowest BCUT2D eigenvalue weighted by Gasteiger charge is -2.43. The van der Waals surface area contributed by atoms with Gasteiger partial charge < -0.3 is 5.73 Å². The van der Waals surface area contributed by atoms with E-state index in [1.54, 1.807) is 0 Å². The molecular formula is C15H26N2S. The Bertz CT molecular complexity index is 336. The normalized spacial score (nSPS) is 27.3. The van der Waals surface area contributed by atoms with Gasteiger partial charge in [-0.15, -0.1) is 11.3 Å². The van der Waals surface area contributed by atoms with E-state index in [2.05, 4.69) is 36.3 Å². The molecule has 1 aromatic rings. The Labute approximate surface area is 115 Å². The van der Waals surface area contributed by atoms with Crippen LogP contribution in [0.4, 0.5) is 0 Å². The molecule has 1 aliphatic rings. The minimum absolute atomic E-state index is 0.579. The van der Waals surface area contributed by atoms with Crippen molar-refractivity contribution in [2.24, 2.45) is 11.7 Å². The van der Waals surface area contributed by atoms with E-state index in [4.69, 9.17) is 5.73 Å². The first-order valence-corrected chi connectivity index (χ1v) is 8.17. The van der Waals surface area contributed by atoms with Crippen LogP contribution < -0.4 is 5.73 Å². The van der Waals surface area contributed by atoms with Crippen molar-refractivity contribution in [1.29, 1.82) is 0 Å². The summed E-state index contributed by atoms with van der Waals surface area (Å²) < 4.78 is 0. The summed E-state index contributed by atoms with van der Waals surface area (Å²) in [6, 6.07) is 5.60. The fourth-order valence-electron chi connectivity index (χ4n) is 3.24. The zero-order valence-electron chi connectivity index (χ0n) is 11.6. The van der Waals surface area contributed by atoms with Crippen LogP contribution in [-0.2, 0) is 0 Å². The summed E-state index contributed by atoms with van der Waals surface area (Å²) in [7, 11) is 0. The molecule has 0 bridgehead atoms. The molecule has 1 aromatic heterocycles. The molecule has 2 N–H and O–H groups in total. The lowest BCUT2D eigenvalue weighted by atomic mass is 9.87. The van der Waals surface area contributed by atoms with Gasteiger partial charge in [-0.05, 0) is 43.2 Å². The first-order chi connectivity index (χ1) is 8.80. The summed E-state index contributed by atoms with van der Waals surface area (Å²) in [6.45, 7) is 6.63. The van der Waals surface area contributed by atoms with Crippen molar-refractivity contribution in [1.82, 2.24) is 4.90 Å². The van der Waals surface area contributed by atoms with Gasteiger partial charge in [0.15, 0.2) is 0 Å². The summed E-state index contributed by atoms with van der Waals surface area (Å²) in [6.07, 6.45) is 5.12. The fraction of sp³-hybridized carbons (Fsp3) is 0.733. The van der Waals surface area contributed by atoms with Crippen molar-refractivity contribution in [2.45, 2.75) is 51.6 Å². The lowest BCUT2D eigenvalue weighted by molar-refractivity contribution is 0.0692. The van der Waals surface area contributed by atoms with Crippen molar-refractivity contribution in [3.05, 3.63) is 22.4 Å². The first-order valence-electron chi connectivity index (χ1n) is 7.29. The average molecular weight is 266 g/mol. The van der Waals surface area contributed by atoms with Crippen LogP contribution in [0.3, 0.4) is 0 Å². The molecule has 2 heterocycles. The topological polar surface area (TPSA) is 29.3 Å². The predicted molar refractivity (Wildman–Crippen MR) is 79.9 cm³/mol. The lowest BCUT2D eigenvalue weighted by Crippen LogP contribution is -2.47. The average Bonchev–Trinajstić information content (AvgIpc) is 2.94. The predicted octanol–water partition coefficient (Wildman–Crippen LogP) is 3.65. The summed E-state index contributed by atoms with van der Waals surface area (Å²) in [4.78, 5) is 4.17. The summed E-state index contributed by atoms with van der Waals surface area (Å²) in [5, 5.41) is 2.19. The zero-order chi connectivity index (χ0) is 13.0. The molecule has 1 saturated heterocycles. The Hall–Kier alpha value is -0.380. The van der Waals surface area contributed by atoms with E-state index in [1.807, 2.05) is 11.3 Å². The Balaban J connectivity index is 2.10. The van der Waals surface area contributed by atoms with Crippen LogP contribution in [0.5, 0.6) is 0 Å². The first kappa shape index (κ1) is 14.0. The molecule has 0 radical (unpaired) electrons. The molecule has 2 nitrogen and oxygen atoms in total. The number of piperidine rings is 1. The second-order valence-electron chi connectivity index (χ2n) is 5.37. The van der Waals surface area contributed by atoms with E-state index in [0.29, 0.717) is 12.1 Å². The van der Waals surface area contributed by atoms with Crippen molar-refractivity contribution in [2.75, 3.05) is 13.1 Å². The molecule has 1 aliphatic heterocycles. The summed E-state index contributed by atoms with van der Waals surface area (Å²) in [5.74, 6) is 0.885. The summed E-state index contributed by atoms with van der Waals surface area (Å²) >= 11 is 1.89. The number of thiophene rings is 1. The van der Waals surface area contributed by atoms with Crippen LogP contribution in [0, 0.1) is 5.92 Å². The molecule has 0 aromatic carbocycles. The van der Waals surface area contributed by atoms with E-state index in [1.165, 1.54) is 37.1 Å². The highest BCUT2D eigenvalue weighted by Crippen LogP contribution is 2.35. The van der Waals surface area contributed by atoms with Gasteiger partial charge in [-0.1, -0.05) is 26.3 Å². The third kappa shape index (κ3) is 2.95. The molecule has 3 atom stereocenters. The minimum Gasteiger partial charge on any atom is -0.329 e. The van der Waals surface area contributed by atoms with Crippen molar-refractivity contribution in [3.8, 4) is 0 Å². The maximum absolute atomic E-state index is 6.02. The number of hydrogen-bond donors (Lipinski definition) is 1. The van der Waals surface area contributed by atoms with E-state index >= 15 is 0 Å². The second kappa shape index (κ2) is 6.69. The van der Waals surface area contributed by atoms with Crippen LogP contribution in [0.15, 0.2) is 17.5 Å². The molecular weight excluding hydrogens is 240 g/mol. The van der Waals surface area contributed by atoms with E-state index < -0.39 is 0 Å². The van der Waals surface area contributed by atoms with Crippen LogP contribution in [0.1, 0.15) is 50.4 Å². The Morgan fingerprint density at radius 3 is 2.89 bits per heavy atom. The fourth-order valence-corrected chi connectivity index (χ4v) is 4.18. The second-order valence-corrected chi connectivity index (χ2v) is 6.34. The molecule has 1 fully saturated rings. The van der Waals surface area contributed by atoms with Gasteiger partial charge in [0.05, 0.1) is 0 Å². The quantitative estimate of drug-likeness (QED) is 0.881. The Morgan fingerprint density at radius 2 is 2.33 bits per heavy atom. The van der Waals surface area contributed by atoms with Crippen LogP contribution >= 0.6 is 11.3 Å². The van der Waals surface area contributed by atoms with Crippen molar-refractivity contribution in [3.63, 3.8) is 0 Å². The molecule has 18 heavy (non-hydrogen) atoms. The smallest absolute Gasteiger partial charge is 0.0442 e. The maximum Gasteiger partial charge on any atom is 0.0442 e. The minimum atomic E-state index is 0.579. The molecule has 0 spiro atoms. The van der Waals surface area contributed by atoms with E-state index in [9.17, 15) is 0 Å². The van der Waals surface area contributed by atoms with Gasteiger partial charge in [-0.25, -0.2) is 0 Å². The maximum atomic E-state index is 6.02. The van der Waals surface area contributed by atoms with Gasteiger partial charge in [0.1, 0.15) is 0 Å². The van der Waals surface area contributed by atoms with Gasteiger partial charge in [0, 0.05) is 23.5 Å². The third-order valence-corrected chi connectivity index (χ3v) is 5.35. The van der Waals surface area contributed by atoms with Crippen LogP contribution in [0.2, 0.25) is 0 Å². The van der Waals surface area contributed by atoms with Crippen LogP contribution in [0.25, 0.3) is 0 Å². The number of likely N-dealkylation sites (tertiary alicyclic amines) is 1. The van der Waals surface area contributed by atoms with Gasteiger partial charge in [0.25, 0.3) is 0 Å². The monoisotopic (exact) mass is 266 g/mol. The number of nitrogens with two attached hydrogens (primary N) is 1. The highest BCUT2D eigenvalue weighted by atomic mass is 32.1. The Kier molecular flexibility index (Phi) is 5.22. The third-order valence-electron chi connectivity index (χ3n) is 4.38. The Morgan fingerprint density at radius 1 is 1.50 bits per heavy atom. The largest absolute Gasteiger partial charge is 0.329 e. The standard InChI is InChI=1S/C15H26N2S/c1-3-12-7-8-17(13(10-12)11-16)14(4-2)15-6-5-9-18-15/h5-6,9,12-14H,3-4,7-8,10-11,16H2,1-2H3. The van der Waals surface area contributed by atoms with E-state index in [0.717, 1.165) is 12.5 Å². The van der Waals surface area contributed by atoms with E-state index in [-0.39, 0.29) is 0 Å². The van der Waals surface area contributed by atoms with Gasteiger partial charge in [-0.3, -0.25) is 4.90 Å². The molecule has 2 rings (SSSR count). The highest BCUT2D eigenvalue weighted by molar-refractivity contribution is 7.10. The molecule has 3 heteroatoms. The van der Waals surface area contributed by atoms with Gasteiger partial charge >= 0.3 is 0 Å². The number of hydrogen-bond acceptors (Lipinski definition) is 3. The number of rotatable bonds is 5. The van der Waals surface area contributed by atoms with Gasteiger partial charge in [0.2, 0.25) is 0 Å². The summed E-state index contributed by atoms with van der Waals surface area (Å²) in [5.41, 5.74) is 6.02. The molecule has 3 unspecified atom stereocenters. The van der Waals surface area contributed by atoms with Gasteiger partial charge in [-0.2, -0.15) is 0 Å². The zero-order valence-corrected chi connectivity index (χ0v) is 12.5. The van der Waals surface area contributed by atoms with Crippen molar-refractivity contribution < 1.29 is 0 Å².